The van der Waals surface area contributed by atoms with E-state index in [0.29, 0.717) is 70.5 Å². The van der Waals surface area contributed by atoms with Crippen LogP contribution in [-0.2, 0) is 30.2 Å². The molecule has 0 bridgehead atoms. The van der Waals surface area contributed by atoms with Crippen molar-refractivity contribution in [1.29, 1.82) is 0 Å². The summed E-state index contributed by atoms with van der Waals surface area (Å²) in [6.07, 6.45) is 5.70. The Morgan fingerprint density at radius 1 is 1.06 bits per heavy atom. The second-order valence-electron chi connectivity index (χ2n) is 18.5. The van der Waals surface area contributed by atoms with E-state index in [-0.39, 0.29) is 51.6 Å². The van der Waals surface area contributed by atoms with Crippen LogP contribution in [0.4, 0.5) is 17.2 Å². The molecule has 3 aromatic heterocycles. The number of sulfonamides is 1. The summed E-state index contributed by atoms with van der Waals surface area (Å²) in [7, 11) is -3.86. The van der Waals surface area contributed by atoms with Gasteiger partial charge in [-0.25, -0.2) is 28.0 Å². The van der Waals surface area contributed by atoms with E-state index in [2.05, 4.69) is 31.6 Å². The van der Waals surface area contributed by atoms with Crippen molar-refractivity contribution in [3.63, 3.8) is 0 Å². The molecule has 2 saturated heterocycles. The fraction of sp³-hybridized carbons (Fsp3) is 0.367. The molecular formula is C49H51ClN8O10S2. The lowest BCUT2D eigenvalue weighted by Crippen LogP contribution is -2.55. The zero-order valence-corrected chi connectivity index (χ0v) is 40.9. The zero-order valence-electron chi connectivity index (χ0n) is 38.5. The van der Waals surface area contributed by atoms with E-state index >= 15 is 0 Å². The SMILES string of the molecule is CCCC(C(=O)NC=O)N1C(=O)c2cccc3c(C4CCN(c5cc6nc(CS(=O)(=O)N7CCC(Nc8cccc(-c9sc(C(=O)O)c(OCC(=O)O)c9Cl)c8)CC7(C)C)ncc6[nH]5)CC4)ccc1c23. The number of carbonyl (C=O) groups excluding carboxylic acids is 3. The third-order valence-corrected chi connectivity index (χ3v) is 17.1. The monoisotopic (exact) mass is 1010 g/mol. The summed E-state index contributed by atoms with van der Waals surface area (Å²) >= 11 is 7.42. The predicted octanol–water partition coefficient (Wildman–Crippen LogP) is 7.63. The highest BCUT2D eigenvalue weighted by molar-refractivity contribution is 7.88. The molecule has 0 radical (unpaired) electrons. The summed E-state index contributed by atoms with van der Waals surface area (Å²) in [4.78, 5) is 77.5. The molecule has 2 atom stereocenters. The Labute approximate surface area is 412 Å². The molecular weight excluding hydrogens is 960 g/mol. The van der Waals surface area contributed by atoms with E-state index in [4.69, 9.17) is 26.4 Å². The average molecular weight is 1010 g/mol. The first-order chi connectivity index (χ1) is 33.5. The average Bonchev–Trinajstić information content (AvgIpc) is 3.99. The van der Waals surface area contributed by atoms with Crippen LogP contribution in [0.1, 0.15) is 96.6 Å². The topological polar surface area (TPSA) is 245 Å². The minimum atomic E-state index is -3.86. The molecule has 3 amide bonds. The van der Waals surface area contributed by atoms with E-state index in [9.17, 15) is 37.5 Å². The number of hydrogen-bond donors (Lipinski definition) is 5. The van der Waals surface area contributed by atoms with Crippen LogP contribution >= 0.6 is 22.9 Å². The van der Waals surface area contributed by atoms with Gasteiger partial charge in [0.15, 0.2) is 17.2 Å². The van der Waals surface area contributed by atoms with Crippen molar-refractivity contribution >= 4 is 102 Å². The molecule has 0 saturated carbocycles. The molecule has 6 heterocycles. The van der Waals surface area contributed by atoms with Gasteiger partial charge in [0.25, 0.3) is 5.91 Å². The number of H-pyrrole nitrogens is 1. The summed E-state index contributed by atoms with van der Waals surface area (Å²) in [5.41, 5.74) is 4.21. The van der Waals surface area contributed by atoms with Gasteiger partial charge in [0.1, 0.15) is 28.5 Å². The van der Waals surface area contributed by atoms with Gasteiger partial charge < -0.3 is 30.2 Å². The summed E-state index contributed by atoms with van der Waals surface area (Å²) in [5.74, 6) is -2.64. The number of carbonyl (C=O) groups is 5. The van der Waals surface area contributed by atoms with Gasteiger partial charge in [-0.2, -0.15) is 4.31 Å². The van der Waals surface area contributed by atoms with E-state index in [1.54, 1.807) is 24.4 Å². The lowest BCUT2D eigenvalue weighted by atomic mass is 9.85. The molecule has 6 aromatic rings. The quantitative estimate of drug-likeness (QED) is 0.0552. The number of rotatable bonds is 17. The van der Waals surface area contributed by atoms with Crippen molar-refractivity contribution in [1.82, 2.24) is 24.6 Å². The second-order valence-corrected chi connectivity index (χ2v) is 21.7. The number of aromatic carboxylic acids is 1. The number of fused-ring (bicyclic) bond motifs is 1. The maximum atomic E-state index is 14.1. The minimum Gasteiger partial charge on any atom is -0.479 e. The van der Waals surface area contributed by atoms with Crippen LogP contribution in [0.15, 0.2) is 66.9 Å². The van der Waals surface area contributed by atoms with E-state index in [1.165, 1.54) is 9.21 Å². The van der Waals surface area contributed by atoms with Crippen LogP contribution in [-0.4, -0.2) is 112 Å². The standard InChI is InChI=1S/C49H51ClN8O10S2/c1-4-7-37(46(62)52-26-59)58-36-13-12-31(32-10-6-11-33(41(32)36)47(58)63)27-14-17-56(18-15-27)39-21-34-35(55-39)23-51-38(54-34)25-70(66,67)57-19-16-30(22-49(57,2)3)53-29-9-5-8-28(20-29)44-42(50)43(68-24-40(60)61)45(69-44)48(64)65/h5-6,8-13,20-21,23,26-27,30,37,53,55H,4,7,14-19,22,24-25H2,1-3H3,(H,60,61)(H,64,65)(H,52,59,62). The summed E-state index contributed by atoms with van der Waals surface area (Å²) in [5, 5.41) is 26.4. The number of ether oxygens (including phenoxy) is 1. The number of aliphatic carboxylic acids is 1. The number of halogens is 1. The van der Waals surface area contributed by atoms with Crippen LogP contribution < -0.4 is 25.2 Å². The van der Waals surface area contributed by atoms with Gasteiger partial charge in [-0.1, -0.05) is 55.3 Å². The van der Waals surface area contributed by atoms with Crippen LogP contribution in [0, 0.1) is 0 Å². The van der Waals surface area contributed by atoms with Gasteiger partial charge in [-0.15, -0.1) is 11.3 Å². The number of carboxylic acids is 2. The summed E-state index contributed by atoms with van der Waals surface area (Å²) in [6.45, 7) is 6.69. The number of piperidine rings is 2. The largest absolute Gasteiger partial charge is 0.479 e. The third-order valence-electron chi connectivity index (χ3n) is 13.4. The molecule has 366 valence electrons. The van der Waals surface area contributed by atoms with Crippen LogP contribution in [0.5, 0.6) is 5.75 Å². The Kier molecular flexibility index (Phi) is 13.3. The Balaban J connectivity index is 0.837. The van der Waals surface area contributed by atoms with Crippen molar-refractivity contribution in [2.45, 2.75) is 88.6 Å². The Morgan fingerprint density at radius 2 is 1.83 bits per heavy atom. The molecule has 2 fully saturated rings. The number of aromatic nitrogens is 3. The normalized spacial score (nSPS) is 17.8. The highest BCUT2D eigenvalue weighted by Crippen LogP contribution is 2.47. The third kappa shape index (κ3) is 9.27. The van der Waals surface area contributed by atoms with E-state index < -0.39 is 46.1 Å². The maximum absolute atomic E-state index is 14.1. The van der Waals surface area contributed by atoms with Crippen molar-refractivity contribution in [3.8, 4) is 16.2 Å². The van der Waals surface area contributed by atoms with Crippen LogP contribution in [0.25, 0.3) is 32.2 Å². The van der Waals surface area contributed by atoms with Gasteiger partial charge in [0.05, 0.1) is 27.8 Å². The highest BCUT2D eigenvalue weighted by Gasteiger charge is 2.43. The van der Waals surface area contributed by atoms with Crippen LogP contribution in [0.2, 0.25) is 5.02 Å². The number of aromatic amines is 1. The van der Waals surface area contributed by atoms with E-state index in [0.717, 1.165) is 59.4 Å². The summed E-state index contributed by atoms with van der Waals surface area (Å²) in [6, 6.07) is 17.9. The number of benzene rings is 3. The molecule has 0 aliphatic carbocycles. The molecule has 5 N–H and O–H groups in total. The highest BCUT2D eigenvalue weighted by atomic mass is 35.5. The second kappa shape index (κ2) is 19.3. The first kappa shape index (κ1) is 48.4. The lowest BCUT2D eigenvalue weighted by Gasteiger charge is -2.44. The smallest absolute Gasteiger partial charge is 0.349 e. The van der Waals surface area contributed by atoms with Gasteiger partial charge in [-0.3, -0.25) is 24.6 Å². The van der Waals surface area contributed by atoms with Crippen LogP contribution in [0.3, 0.4) is 0 Å². The van der Waals surface area contributed by atoms with E-state index in [1.807, 2.05) is 57.2 Å². The number of hydrogen-bond acceptors (Lipinski definition) is 13. The number of imide groups is 1. The number of thiophene rings is 1. The Hall–Kier alpha value is -6.61. The first-order valence-corrected chi connectivity index (χ1v) is 25.8. The number of nitrogens with one attached hydrogen (secondary N) is 3. The van der Waals surface area contributed by atoms with Crippen molar-refractivity contribution in [2.75, 3.05) is 41.4 Å². The Bertz CT molecular complexity index is 3190. The summed E-state index contributed by atoms with van der Waals surface area (Å²) < 4.78 is 35.0. The molecule has 0 spiro atoms. The van der Waals surface area contributed by atoms with Gasteiger partial charge in [0.2, 0.25) is 22.3 Å². The lowest BCUT2D eigenvalue weighted by molar-refractivity contribution is -0.139. The first-order valence-electron chi connectivity index (χ1n) is 23.0. The number of carboxylic acid groups (broad SMARTS) is 2. The predicted molar refractivity (Wildman–Crippen MR) is 267 cm³/mol. The minimum absolute atomic E-state index is 0.00248. The molecule has 3 aliphatic heterocycles. The molecule has 2 unspecified atom stereocenters. The Morgan fingerprint density at radius 3 is 2.54 bits per heavy atom. The molecule has 3 aliphatic rings. The maximum Gasteiger partial charge on any atom is 0.349 e. The molecule has 21 heteroatoms. The van der Waals surface area contributed by atoms with Gasteiger partial charge in [-0.05, 0) is 92.6 Å². The molecule has 3 aromatic carbocycles. The van der Waals surface area contributed by atoms with Gasteiger partial charge >= 0.3 is 11.9 Å². The fourth-order valence-corrected chi connectivity index (χ4v) is 13.6. The molecule has 9 rings (SSSR count). The number of nitrogens with zero attached hydrogens (tertiary/aromatic N) is 5. The zero-order chi connectivity index (χ0) is 49.6. The van der Waals surface area contributed by atoms with Crippen molar-refractivity contribution < 1.29 is 47.3 Å². The van der Waals surface area contributed by atoms with Crippen molar-refractivity contribution in [2.24, 2.45) is 0 Å². The molecule has 18 nitrogen and oxygen atoms in total. The van der Waals surface area contributed by atoms with Crippen molar-refractivity contribution in [3.05, 3.63) is 93.7 Å². The molecule has 70 heavy (non-hydrogen) atoms. The van der Waals surface area contributed by atoms with Gasteiger partial charge in [0, 0.05) is 53.9 Å². The number of anilines is 3. The fourth-order valence-electron chi connectivity index (χ4n) is 10.3. The number of amides is 3.